The molecule has 2 heterocycles. The molecular weight excluding hydrogens is 372 g/mol. The molecule has 0 radical (unpaired) electrons. The first-order valence-electron chi connectivity index (χ1n) is 8.16. The lowest BCUT2D eigenvalue weighted by molar-refractivity contribution is -0.116. The van der Waals surface area contributed by atoms with Crippen LogP contribution in [-0.4, -0.2) is 17.0 Å². The third-order valence-electron chi connectivity index (χ3n) is 4.50. The van der Waals surface area contributed by atoms with Crippen molar-refractivity contribution in [2.45, 2.75) is 12.3 Å². The van der Waals surface area contributed by atoms with Crippen LogP contribution < -0.4 is 5.32 Å². The molecule has 0 fully saturated rings. The molecule has 27 heavy (non-hydrogen) atoms. The predicted molar refractivity (Wildman–Crippen MR) is 98.2 cm³/mol. The van der Waals surface area contributed by atoms with Crippen LogP contribution in [0.4, 0.5) is 14.5 Å². The third-order valence-corrected chi connectivity index (χ3v) is 5.79. The number of benzene rings is 2. The summed E-state index contributed by atoms with van der Waals surface area (Å²) in [5, 5.41) is 12.4. The number of rotatable bonds is 3. The molecule has 1 aromatic heterocycles. The van der Waals surface area contributed by atoms with E-state index in [2.05, 4.69) is 5.32 Å². The second-order valence-electron chi connectivity index (χ2n) is 6.19. The van der Waals surface area contributed by atoms with Crippen molar-refractivity contribution in [3.05, 3.63) is 75.5 Å². The Morgan fingerprint density at radius 1 is 1.15 bits per heavy atom. The standard InChI is InChI=1S/C20H13F2NO3S/c21-11-6-7-14(22)12(8-11)13-9-15(24)23-17-16(10-4-2-1-3-5-10)19(20(25)26)27-18(13)17/h1-8,13H,9H2,(H,23,24)(H,25,26)/t13-/m1/s1. The van der Waals surface area contributed by atoms with E-state index in [0.29, 0.717) is 21.7 Å². The Kier molecular flexibility index (Phi) is 4.24. The van der Waals surface area contributed by atoms with Gasteiger partial charge in [0.15, 0.2) is 0 Å². The summed E-state index contributed by atoms with van der Waals surface area (Å²) in [5.74, 6) is -3.50. The van der Waals surface area contributed by atoms with Gasteiger partial charge in [-0.1, -0.05) is 30.3 Å². The number of fused-ring (bicyclic) bond motifs is 1. The van der Waals surface area contributed by atoms with E-state index in [4.69, 9.17) is 0 Å². The van der Waals surface area contributed by atoms with E-state index in [-0.39, 0.29) is 22.8 Å². The number of nitrogens with one attached hydrogen (secondary N) is 1. The van der Waals surface area contributed by atoms with Gasteiger partial charge >= 0.3 is 5.97 Å². The van der Waals surface area contributed by atoms with Crippen LogP contribution in [0.1, 0.15) is 32.5 Å². The minimum atomic E-state index is -1.14. The molecule has 2 aromatic carbocycles. The fourth-order valence-electron chi connectivity index (χ4n) is 3.35. The van der Waals surface area contributed by atoms with Crippen molar-refractivity contribution in [3.8, 4) is 11.1 Å². The Balaban J connectivity index is 1.97. The number of halogens is 2. The van der Waals surface area contributed by atoms with Gasteiger partial charge in [0, 0.05) is 22.8 Å². The molecule has 7 heteroatoms. The lowest BCUT2D eigenvalue weighted by Crippen LogP contribution is -2.23. The number of carboxylic acid groups (broad SMARTS) is 1. The maximum atomic E-state index is 14.4. The van der Waals surface area contributed by atoms with Gasteiger partial charge in [-0.15, -0.1) is 11.3 Å². The highest BCUT2D eigenvalue weighted by Crippen LogP contribution is 2.49. The fourth-order valence-corrected chi connectivity index (χ4v) is 4.59. The molecule has 1 aliphatic rings. The van der Waals surface area contributed by atoms with Crippen LogP contribution in [0.25, 0.3) is 11.1 Å². The summed E-state index contributed by atoms with van der Waals surface area (Å²) in [6, 6.07) is 11.9. The van der Waals surface area contributed by atoms with Crippen molar-refractivity contribution in [2.75, 3.05) is 5.32 Å². The first-order valence-corrected chi connectivity index (χ1v) is 8.97. The Bertz CT molecular complexity index is 1060. The van der Waals surface area contributed by atoms with Crippen molar-refractivity contribution in [1.29, 1.82) is 0 Å². The maximum absolute atomic E-state index is 14.4. The highest BCUT2D eigenvalue weighted by atomic mass is 32.1. The number of anilines is 1. The van der Waals surface area contributed by atoms with Crippen molar-refractivity contribution >= 4 is 28.9 Å². The topological polar surface area (TPSA) is 66.4 Å². The van der Waals surface area contributed by atoms with Crippen LogP contribution >= 0.6 is 11.3 Å². The summed E-state index contributed by atoms with van der Waals surface area (Å²) < 4.78 is 28.0. The summed E-state index contributed by atoms with van der Waals surface area (Å²) in [5.41, 5.74) is 1.42. The van der Waals surface area contributed by atoms with E-state index >= 15 is 0 Å². The Morgan fingerprint density at radius 2 is 1.89 bits per heavy atom. The molecule has 0 spiro atoms. The number of hydrogen-bond donors (Lipinski definition) is 2. The van der Waals surface area contributed by atoms with Gasteiger partial charge in [-0.2, -0.15) is 0 Å². The number of amides is 1. The average molecular weight is 385 g/mol. The molecule has 1 amide bonds. The maximum Gasteiger partial charge on any atom is 0.346 e. The summed E-state index contributed by atoms with van der Waals surface area (Å²) in [6.07, 6.45) is -0.0822. The van der Waals surface area contributed by atoms with Crippen LogP contribution in [0.2, 0.25) is 0 Å². The molecule has 4 nitrogen and oxygen atoms in total. The molecule has 0 saturated heterocycles. The summed E-state index contributed by atoms with van der Waals surface area (Å²) in [7, 11) is 0. The van der Waals surface area contributed by atoms with Gasteiger partial charge in [0.05, 0.1) is 5.69 Å². The zero-order valence-electron chi connectivity index (χ0n) is 13.8. The van der Waals surface area contributed by atoms with Gasteiger partial charge in [0.1, 0.15) is 16.5 Å². The van der Waals surface area contributed by atoms with E-state index in [0.717, 1.165) is 29.5 Å². The summed E-state index contributed by atoms with van der Waals surface area (Å²) >= 11 is 0.981. The molecule has 0 saturated carbocycles. The van der Waals surface area contributed by atoms with Gasteiger partial charge in [-0.05, 0) is 29.3 Å². The van der Waals surface area contributed by atoms with Crippen molar-refractivity contribution in [3.63, 3.8) is 0 Å². The fraction of sp³-hybridized carbons (Fsp3) is 0.100. The third kappa shape index (κ3) is 3.00. The highest BCUT2D eigenvalue weighted by molar-refractivity contribution is 7.15. The van der Waals surface area contributed by atoms with E-state index < -0.39 is 23.5 Å². The largest absolute Gasteiger partial charge is 0.477 e. The Labute approximate surface area is 157 Å². The van der Waals surface area contributed by atoms with E-state index in [1.807, 2.05) is 0 Å². The minimum absolute atomic E-state index is 0.0453. The molecule has 0 bridgehead atoms. The van der Waals surface area contributed by atoms with Crippen molar-refractivity contribution in [1.82, 2.24) is 0 Å². The lowest BCUT2D eigenvalue weighted by Gasteiger charge is -2.24. The number of carbonyl (C=O) groups is 2. The number of carbonyl (C=O) groups excluding carboxylic acids is 1. The predicted octanol–water partition coefficient (Wildman–Crippen LogP) is 4.87. The second-order valence-corrected chi connectivity index (χ2v) is 7.24. The first-order chi connectivity index (χ1) is 13.0. The highest BCUT2D eigenvalue weighted by Gasteiger charge is 2.35. The van der Waals surface area contributed by atoms with Crippen molar-refractivity contribution in [2.24, 2.45) is 0 Å². The zero-order valence-corrected chi connectivity index (χ0v) is 14.6. The molecule has 1 aliphatic heterocycles. The van der Waals surface area contributed by atoms with Crippen LogP contribution in [0.15, 0.2) is 48.5 Å². The number of thiophene rings is 1. The average Bonchev–Trinajstić information content (AvgIpc) is 3.03. The van der Waals surface area contributed by atoms with Gasteiger partial charge in [-0.3, -0.25) is 4.79 Å². The molecular formula is C20H13F2NO3S. The van der Waals surface area contributed by atoms with Gasteiger partial charge in [0.2, 0.25) is 5.91 Å². The molecule has 2 N–H and O–H groups in total. The first kappa shape index (κ1) is 17.4. The molecule has 4 rings (SSSR count). The zero-order chi connectivity index (χ0) is 19.1. The number of hydrogen-bond acceptors (Lipinski definition) is 3. The summed E-state index contributed by atoms with van der Waals surface area (Å²) in [4.78, 5) is 24.7. The van der Waals surface area contributed by atoms with Crippen LogP contribution in [0.3, 0.4) is 0 Å². The lowest BCUT2D eigenvalue weighted by atomic mass is 9.88. The van der Waals surface area contributed by atoms with Crippen LogP contribution in [0.5, 0.6) is 0 Å². The monoisotopic (exact) mass is 385 g/mol. The molecule has 0 aliphatic carbocycles. The van der Waals surface area contributed by atoms with E-state index in [1.54, 1.807) is 30.3 Å². The molecule has 0 unspecified atom stereocenters. The van der Waals surface area contributed by atoms with Crippen molar-refractivity contribution < 1.29 is 23.5 Å². The molecule has 1 atom stereocenters. The molecule has 136 valence electrons. The number of aromatic carboxylic acids is 1. The minimum Gasteiger partial charge on any atom is -0.477 e. The number of carboxylic acids is 1. The van der Waals surface area contributed by atoms with E-state index in [9.17, 15) is 23.5 Å². The van der Waals surface area contributed by atoms with E-state index in [1.165, 1.54) is 0 Å². The van der Waals surface area contributed by atoms with Gasteiger partial charge in [0.25, 0.3) is 0 Å². The quantitative estimate of drug-likeness (QED) is 0.676. The van der Waals surface area contributed by atoms with Crippen LogP contribution in [-0.2, 0) is 4.79 Å². The van der Waals surface area contributed by atoms with Gasteiger partial charge in [-0.25, -0.2) is 13.6 Å². The van der Waals surface area contributed by atoms with Crippen LogP contribution in [0, 0.1) is 11.6 Å². The normalized spacial score (nSPS) is 15.9. The Morgan fingerprint density at radius 3 is 2.59 bits per heavy atom. The Hall–Kier alpha value is -3.06. The molecule has 3 aromatic rings. The second kappa shape index (κ2) is 6.59. The van der Waals surface area contributed by atoms with Gasteiger partial charge < -0.3 is 10.4 Å². The smallest absolute Gasteiger partial charge is 0.346 e. The SMILES string of the molecule is O=C1C[C@H](c2cc(F)ccc2F)c2sc(C(=O)O)c(-c3ccccc3)c2N1. The summed E-state index contributed by atoms with van der Waals surface area (Å²) in [6.45, 7) is 0.